The number of ether oxygens (including phenoxy) is 2. The molecule has 4 aliphatic rings. The molecule has 0 radical (unpaired) electrons. The Kier molecular flexibility index (Phi) is 6.06. The molecule has 1 spiro atoms. The summed E-state index contributed by atoms with van der Waals surface area (Å²) >= 11 is 0. The molecule has 1 saturated carbocycles. The van der Waals surface area contributed by atoms with Crippen LogP contribution < -0.4 is 9.47 Å². The van der Waals surface area contributed by atoms with E-state index in [1.54, 1.807) is 6.08 Å². The van der Waals surface area contributed by atoms with Crippen molar-refractivity contribution in [2.24, 2.45) is 5.92 Å². The second-order valence-electron chi connectivity index (χ2n) is 11.0. The molecule has 2 aromatic rings. The zero-order valence-corrected chi connectivity index (χ0v) is 21.9. The summed E-state index contributed by atoms with van der Waals surface area (Å²) in [4.78, 5) is 29.6. The van der Waals surface area contributed by atoms with Gasteiger partial charge in [-0.1, -0.05) is 36.4 Å². The van der Waals surface area contributed by atoms with Gasteiger partial charge in [-0.2, -0.15) is 0 Å². The van der Waals surface area contributed by atoms with Crippen molar-refractivity contribution in [1.82, 2.24) is 9.80 Å². The maximum absolute atomic E-state index is 13.4. The van der Waals surface area contributed by atoms with Crippen LogP contribution in [0.25, 0.3) is 6.08 Å². The van der Waals surface area contributed by atoms with Crippen LogP contribution in [-0.2, 0) is 21.4 Å². The number of carbonyl (C=O) groups excluding carboxylic acids is 2. The average molecular weight is 515 g/mol. The van der Waals surface area contributed by atoms with Crippen LogP contribution in [0.4, 0.5) is 0 Å². The molecule has 5 atom stereocenters. The Balaban J connectivity index is 1.41. The Morgan fingerprint density at radius 3 is 2.82 bits per heavy atom. The summed E-state index contributed by atoms with van der Waals surface area (Å²) in [6.07, 6.45) is 8.43. The molecule has 7 nitrogen and oxygen atoms in total. The second kappa shape index (κ2) is 9.31. The molecule has 2 aliphatic carbocycles. The summed E-state index contributed by atoms with van der Waals surface area (Å²) in [7, 11) is 1.85. The molecule has 2 fully saturated rings. The third-order valence-corrected chi connectivity index (χ3v) is 9.17. The molecule has 6 rings (SSSR count). The highest BCUT2D eigenvalue weighted by Crippen LogP contribution is 2.65. The predicted octanol–water partition coefficient (Wildman–Crippen LogP) is 4.08. The number of likely N-dealkylation sites (tertiary alicyclic amines) is 1. The summed E-state index contributed by atoms with van der Waals surface area (Å²) in [5.41, 5.74) is 2.48. The molecule has 38 heavy (non-hydrogen) atoms. The number of benzene rings is 2. The first-order chi connectivity index (χ1) is 18.3. The molecule has 2 bridgehead atoms. The van der Waals surface area contributed by atoms with Gasteiger partial charge in [-0.15, -0.1) is 6.58 Å². The number of hydrogen-bond acceptors (Lipinski definition) is 6. The van der Waals surface area contributed by atoms with Crippen molar-refractivity contribution >= 4 is 18.0 Å². The Morgan fingerprint density at radius 2 is 2.08 bits per heavy atom. The summed E-state index contributed by atoms with van der Waals surface area (Å²) in [6.45, 7) is 6.99. The Morgan fingerprint density at radius 1 is 1.29 bits per heavy atom. The lowest BCUT2D eigenvalue weighted by atomic mass is 9.51. The highest BCUT2D eigenvalue weighted by Gasteiger charge is 2.67. The fraction of sp³-hybridized carbons (Fsp3) is 0.419. The van der Waals surface area contributed by atoms with E-state index >= 15 is 0 Å². The van der Waals surface area contributed by atoms with Gasteiger partial charge in [-0.05, 0) is 49.8 Å². The Hall–Kier alpha value is -3.58. The number of amides is 1. The van der Waals surface area contributed by atoms with Crippen LogP contribution in [0, 0.1) is 5.92 Å². The molecule has 1 amide bonds. The van der Waals surface area contributed by atoms with Gasteiger partial charge in [0, 0.05) is 55.2 Å². The van der Waals surface area contributed by atoms with Gasteiger partial charge < -0.3 is 19.5 Å². The van der Waals surface area contributed by atoms with Gasteiger partial charge in [0.15, 0.2) is 11.5 Å². The first kappa shape index (κ1) is 24.7. The molecule has 1 N–H and O–H groups in total. The van der Waals surface area contributed by atoms with Gasteiger partial charge in [0.1, 0.15) is 11.9 Å². The molecule has 2 heterocycles. The van der Waals surface area contributed by atoms with Gasteiger partial charge in [0.2, 0.25) is 5.91 Å². The third-order valence-electron chi connectivity index (χ3n) is 9.17. The second-order valence-corrected chi connectivity index (χ2v) is 11.0. The topological polar surface area (TPSA) is 79.3 Å². The van der Waals surface area contributed by atoms with Crippen molar-refractivity contribution in [1.29, 1.82) is 0 Å². The number of phenolic OH excluding ortho intramolecular Hbond substituents is 1. The molecule has 2 aromatic carbocycles. The van der Waals surface area contributed by atoms with Crippen molar-refractivity contribution in [3.05, 3.63) is 71.8 Å². The molecule has 0 aromatic heterocycles. The van der Waals surface area contributed by atoms with E-state index in [9.17, 15) is 14.7 Å². The number of aromatic hydroxyl groups is 1. The van der Waals surface area contributed by atoms with E-state index < -0.39 is 5.97 Å². The monoisotopic (exact) mass is 514 g/mol. The first-order valence-corrected chi connectivity index (χ1v) is 13.4. The number of likely N-dealkylation sites (N-methyl/N-ethyl adjacent to an activating group) is 1. The average Bonchev–Trinajstić information content (AvgIpc) is 3.25. The minimum absolute atomic E-state index is 0.0759. The van der Waals surface area contributed by atoms with Crippen LogP contribution in [-0.4, -0.2) is 65.1 Å². The number of piperidine rings is 1. The number of hydrogen-bond donors (Lipinski definition) is 1. The number of carbonyl (C=O) groups is 2. The number of esters is 1. The van der Waals surface area contributed by atoms with E-state index in [4.69, 9.17) is 9.47 Å². The smallest absolute Gasteiger partial charge is 0.308 e. The molecule has 7 heteroatoms. The van der Waals surface area contributed by atoms with E-state index in [0.717, 1.165) is 49.0 Å². The van der Waals surface area contributed by atoms with Crippen LogP contribution in [0.15, 0.2) is 55.1 Å². The number of nitrogens with zero attached hydrogens (tertiary/aromatic N) is 2. The van der Waals surface area contributed by atoms with Crippen molar-refractivity contribution in [2.75, 3.05) is 20.1 Å². The van der Waals surface area contributed by atoms with E-state index in [1.165, 1.54) is 13.0 Å². The minimum Gasteiger partial charge on any atom is -0.508 e. The van der Waals surface area contributed by atoms with Crippen molar-refractivity contribution < 1.29 is 24.2 Å². The Labute approximate surface area is 223 Å². The molecule has 0 unspecified atom stereocenters. The van der Waals surface area contributed by atoms with Gasteiger partial charge >= 0.3 is 5.97 Å². The van der Waals surface area contributed by atoms with Gasteiger partial charge in [0.25, 0.3) is 0 Å². The maximum atomic E-state index is 13.4. The molecular weight excluding hydrogens is 480 g/mol. The first-order valence-electron chi connectivity index (χ1n) is 13.4. The zero-order chi connectivity index (χ0) is 26.6. The lowest BCUT2D eigenvalue weighted by Gasteiger charge is -2.60. The fourth-order valence-corrected chi connectivity index (χ4v) is 7.68. The summed E-state index contributed by atoms with van der Waals surface area (Å²) in [6, 6.07) is 11.4. The maximum Gasteiger partial charge on any atom is 0.308 e. The van der Waals surface area contributed by atoms with Crippen LogP contribution in [0.1, 0.15) is 42.9 Å². The van der Waals surface area contributed by atoms with Gasteiger partial charge in [0.05, 0.1) is 6.04 Å². The van der Waals surface area contributed by atoms with Gasteiger partial charge in [-0.3, -0.25) is 14.5 Å². The van der Waals surface area contributed by atoms with Crippen molar-refractivity contribution in [3.63, 3.8) is 0 Å². The normalized spacial score (nSPS) is 28.9. The van der Waals surface area contributed by atoms with E-state index in [1.807, 2.05) is 54.4 Å². The molecule has 198 valence electrons. The summed E-state index contributed by atoms with van der Waals surface area (Å²) < 4.78 is 12.3. The standard InChI is InChI=1S/C31H34N2O5/c1-4-15-33-16-14-31-22-11-12-23(32(3)27(36)13-10-20-8-6-5-7-9-20)30(31)38-29-26(37-19(2)34)18-25(35)21(28(29)31)17-24(22)33/h4-10,13,18,22-24,30,35H,1,11-12,14-17H2,2-3H3/t22-,23-,24+,30-,31-/m0/s1. The van der Waals surface area contributed by atoms with Crippen LogP contribution >= 0.6 is 0 Å². The van der Waals surface area contributed by atoms with Crippen molar-refractivity contribution in [3.8, 4) is 17.2 Å². The van der Waals surface area contributed by atoms with Crippen molar-refractivity contribution in [2.45, 2.75) is 56.2 Å². The third kappa shape index (κ3) is 3.67. The van der Waals surface area contributed by atoms with Crippen LogP contribution in [0.3, 0.4) is 0 Å². The highest BCUT2D eigenvalue weighted by molar-refractivity contribution is 5.92. The fourth-order valence-electron chi connectivity index (χ4n) is 7.68. The summed E-state index contributed by atoms with van der Waals surface area (Å²) in [5, 5.41) is 11.1. The van der Waals surface area contributed by atoms with E-state index in [-0.39, 0.29) is 41.0 Å². The number of phenols is 1. The van der Waals surface area contributed by atoms with E-state index in [2.05, 4.69) is 11.5 Å². The molecule has 2 aliphatic heterocycles. The highest BCUT2D eigenvalue weighted by atomic mass is 16.6. The zero-order valence-electron chi connectivity index (χ0n) is 21.9. The quantitative estimate of drug-likeness (QED) is 0.271. The van der Waals surface area contributed by atoms with Crippen LogP contribution in [0.2, 0.25) is 0 Å². The predicted molar refractivity (Wildman–Crippen MR) is 144 cm³/mol. The van der Waals surface area contributed by atoms with Gasteiger partial charge in [-0.25, -0.2) is 0 Å². The van der Waals surface area contributed by atoms with Crippen LogP contribution in [0.5, 0.6) is 17.2 Å². The molecular formula is C31H34N2O5. The summed E-state index contributed by atoms with van der Waals surface area (Å²) in [5.74, 6) is 0.739. The lowest BCUT2D eigenvalue weighted by molar-refractivity contribution is -0.135. The Bertz CT molecular complexity index is 1320. The largest absolute Gasteiger partial charge is 0.508 e. The SMILES string of the molecule is C=CCN1CC[C@]23c4c5c(O)cc(OC(C)=O)c4O[C@H]2[C@@H](N(C)C(=O)C=Cc2ccccc2)CC[C@H]3[C@H]1C5. The lowest BCUT2D eigenvalue weighted by Crippen LogP contribution is -2.68. The minimum atomic E-state index is -0.461. The number of rotatable bonds is 6. The van der Waals surface area contributed by atoms with E-state index in [0.29, 0.717) is 18.1 Å². The molecule has 1 saturated heterocycles.